The summed E-state index contributed by atoms with van der Waals surface area (Å²) < 4.78 is 0. The summed E-state index contributed by atoms with van der Waals surface area (Å²) in [6.45, 7) is 13.7. The molecule has 0 heterocycles. The second-order valence-electron chi connectivity index (χ2n) is 10.0. The van der Waals surface area contributed by atoms with Gasteiger partial charge >= 0.3 is 0 Å². The molecule has 0 spiro atoms. The van der Waals surface area contributed by atoms with Crippen LogP contribution in [0.1, 0.15) is 11.1 Å². The Morgan fingerprint density at radius 2 is 0.767 bits per heavy atom. The van der Waals surface area contributed by atoms with Crippen molar-refractivity contribution in [1.82, 2.24) is 0 Å². The number of hydrogen-bond donors (Lipinski definition) is 0. The maximum atomic E-state index is 3.52. The molecule has 0 saturated carbocycles. The highest BCUT2D eigenvalue weighted by atomic mass is 28.3. The fourth-order valence-electron chi connectivity index (χ4n) is 3.67. The summed E-state index contributed by atoms with van der Waals surface area (Å²) in [6, 6.07) is 22.0. The molecule has 0 aliphatic rings. The second-order valence-corrected chi connectivity index (χ2v) is 19.5. The van der Waals surface area contributed by atoms with Crippen molar-refractivity contribution in [3.63, 3.8) is 0 Å². The van der Waals surface area contributed by atoms with Gasteiger partial charge in [-0.15, -0.1) is 11.1 Å². The molecule has 0 fully saturated rings. The summed E-state index contributed by atoms with van der Waals surface area (Å²) in [4.78, 5) is 0. The third-order valence-corrected chi connectivity index (χ3v) is 6.81. The average Bonchev–Trinajstić information content (AvgIpc) is 2.68. The highest BCUT2D eigenvalue weighted by Gasteiger charge is 2.11. The fourth-order valence-corrected chi connectivity index (χ4v) is 4.69. The lowest BCUT2D eigenvalue weighted by Crippen LogP contribution is -2.16. The number of fused-ring (bicyclic) bond motifs is 5. The molecule has 0 amide bonds. The quantitative estimate of drug-likeness (QED) is 0.156. The van der Waals surface area contributed by atoms with Crippen LogP contribution in [0.3, 0.4) is 0 Å². The van der Waals surface area contributed by atoms with Crippen molar-refractivity contribution in [3.8, 4) is 22.9 Å². The summed E-state index contributed by atoms with van der Waals surface area (Å²) in [5.41, 5.74) is 9.30. The average molecular weight is 421 g/mol. The first-order valence-corrected chi connectivity index (χ1v) is 17.6. The zero-order chi connectivity index (χ0) is 21.5. The van der Waals surface area contributed by atoms with Crippen LogP contribution >= 0.6 is 0 Å². The first-order valence-electron chi connectivity index (χ1n) is 10.6. The minimum absolute atomic E-state index is 1.13. The maximum Gasteiger partial charge on any atom is 0.129 e. The van der Waals surface area contributed by atoms with Crippen LogP contribution in [0, 0.1) is 22.9 Å². The lowest BCUT2D eigenvalue weighted by Gasteiger charge is -2.11. The molecule has 4 aromatic carbocycles. The minimum atomic E-state index is -1.42. The Bertz CT molecular complexity index is 1300. The van der Waals surface area contributed by atoms with Crippen molar-refractivity contribution in [2.75, 3.05) is 0 Å². The maximum absolute atomic E-state index is 3.52. The van der Waals surface area contributed by atoms with E-state index in [1.54, 1.807) is 0 Å². The van der Waals surface area contributed by atoms with E-state index < -0.39 is 16.1 Å². The molecular formula is C28H28Si2. The predicted molar refractivity (Wildman–Crippen MR) is 139 cm³/mol. The largest absolute Gasteiger partial charge is 0.129 e. The van der Waals surface area contributed by atoms with Crippen molar-refractivity contribution in [2.24, 2.45) is 0 Å². The molecule has 0 unspecified atom stereocenters. The van der Waals surface area contributed by atoms with Gasteiger partial charge in [0.2, 0.25) is 0 Å². The molecule has 0 saturated heterocycles. The van der Waals surface area contributed by atoms with Crippen LogP contribution in [0.4, 0.5) is 0 Å². The topological polar surface area (TPSA) is 0 Å². The van der Waals surface area contributed by atoms with Crippen LogP contribution in [-0.4, -0.2) is 16.1 Å². The van der Waals surface area contributed by atoms with Gasteiger partial charge in [0.1, 0.15) is 16.1 Å². The number of benzene rings is 4. The van der Waals surface area contributed by atoms with Crippen LogP contribution in [0.5, 0.6) is 0 Å². The monoisotopic (exact) mass is 420 g/mol. The van der Waals surface area contributed by atoms with Crippen molar-refractivity contribution in [1.29, 1.82) is 0 Å². The van der Waals surface area contributed by atoms with Crippen molar-refractivity contribution < 1.29 is 0 Å². The fraction of sp³-hybridized carbons (Fsp3) is 0.214. The highest BCUT2D eigenvalue weighted by Crippen LogP contribution is 2.33. The molecule has 148 valence electrons. The highest BCUT2D eigenvalue weighted by molar-refractivity contribution is 6.84. The first-order chi connectivity index (χ1) is 14.1. The van der Waals surface area contributed by atoms with E-state index in [-0.39, 0.29) is 0 Å². The molecular weight excluding hydrogens is 392 g/mol. The van der Waals surface area contributed by atoms with Gasteiger partial charge in [0.15, 0.2) is 0 Å². The lowest BCUT2D eigenvalue weighted by atomic mass is 9.94. The van der Waals surface area contributed by atoms with E-state index in [4.69, 9.17) is 0 Å². The first kappa shape index (κ1) is 20.5. The van der Waals surface area contributed by atoms with Gasteiger partial charge in [0, 0.05) is 11.1 Å². The van der Waals surface area contributed by atoms with Crippen molar-refractivity contribution >= 4 is 48.5 Å². The lowest BCUT2D eigenvalue weighted by molar-refractivity contribution is 1.71. The van der Waals surface area contributed by atoms with E-state index >= 15 is 0 Å². The summed E-state index contributed by atoms with van der Waals surface area (Å²) in [6.07, 6.45) is 0. The Hall–Kier alpha value is -2.79. The van der Waals surface area contributed by atoms with Crippen molar-refractivity contribution in [2.45, 2.75) is 39.3 Å². The molecule has 0 nitrogen and oxygen atoms in total. The van der Waals surface area contributed by atoms with E-state index in [2.05, 4.69) is 123 Å². The molecule has 0 aromatic heterocycles. The summed E-state index contributed by atoms with van der Waals surface area (Å²) in [7, 11) is -2.83. The zero-order valence-electron chi connectivity index (χ0n) is 18.8. The number of hydrogen-bond acceptors (Lipinski definition) is 0. The Labute approximate surface area is 182 Å². The summed E-state index contributed by atoms with van der Waals surface area (Å²) in [5.74, 6) is 6.93. The Morgan fingerprint density at radius 3 is 1.13 bits per heavy atom. The molecule has 0 radical (unpaired) electrons. The van der Waals surface area contributed by atoms with Gasteiger partial charge in [-0.1, -0.05) is 99.7 Å². The Balaban J connectivity index is 1.97. The van der Waals surface area contributed by atoms with Gasteiger partial charge in [-0.05, 0) is 44.5 Å². The predicted octanol–water partition coefficient (Wildman–Crippen LogP) is 7.60. The van der Waals surface area contributed by atoms with Gasteiger partial charge in [0.05, 0.1) is 0 Å². The molecule has 4 rings (SSSR count). The van der Waals surface area contributed by atoms with Crippen LogP contribution in [0.15, 0.2) is 60.7 Å². The van der Waals surface area contributed by atoms with E-state index in [1.165, 1.54) is 32.3 Å². The zero-order valence-corrected chi connectivity index (χ0v) is 20.8. The Morgan fingerprint density at radius 1 is 0.433 bits per heavy atom. The second kappa shape index (κ2) is 7.48. The van der Waals surface area contributed by atoms with Crippen LogP contribution in [0.2, 0.25) is 39.3 Å². The molecule has 2 heteroatoms. The molecule has 0 aliphatic heterocycles. The third kappa shape index (κ3) is 4.22. The van der Waals surface area contributed by atoms with Gasteiger partial charge < -0.3 is 0 Å². The molecule has 4 aromatic rings. The summed E-state index contributed by atoms with van der Waals surface area (Å²) >= 11 is 0. The van der Waals surface area contributed by atoms with Crippen molar-refractivity contribution in [3.05, 3.63) is 71.8 Å². The van der Waals surface area contributed by atoms with E-state index in [0.29, 0.717) is 0 Å². The van der Waals surface area contributed by atoms with Gasteiger partial charge in [-0.2, -0.15) is 0 Å². The van der Waals surface area contributed by atoms with Crippen LogP contribution in [-0.2, 0) is 0 Å². The van der Waals surface area contributed by atoms with E-state index in [9.17, 15) is 0 Å². The SMILES string of the molecule is C[Si](C)(C)C#Cc1cccc2c1ccc1c3cccc(C#C[Si](C)(C)C)c3ccc21. The molecule has 0 bridgehead atoms. The number of rotatable bonds is 0. The Kier molecular flexibility index (Phi) is 5.10. The molecule has 0 atom stereocenters. The molecule has 30 heavy (non-hydrogen) atoms. The summed E-state index contributed by atoms with van der Waals surface area (Å²) in [5, 5.41) is 7.60. The van der Waals surface area contributed by atoms with Gasteiger partial charge in [0.25, 0.3) is 0 Å². The third-order valence-electron chi connectivity index (χ3n) is 5.06. The molecule has 0 aliphatic carbocycles. The van der Waals surface area contributed by atoms with E-state index in [1.807, 2.05) is 0 Å². The standard InChI is InChI=1S/C28H28Si2/c1-29(2,3)19-17-21-9-7-11-25-23(21)13-15-28-26-12-8-10-22(18-20-30(4,5)6)24(26)14-16-27(25)28/h7-16H,1-6H3. The van der Waals surface area contributed by atoms with Gasteiger partial charge in [-0.3, -0.25) is 0 Å². The molecule has 0 N–H and O–H groups in total. The van der Waals surface area contributed by atoms with E-state index in [0.717, 1.165) is 11.1 Å². The van der Waals surface area contributed by atoms with Crippen LogP contribution in [0.25, 0.3) is 32.3 Å². The van der Waals surface area contributed by atoms with Gasteiger partial charge in [-0.25, -0.2) is 0 Å². The minimum Gasteiger partial charge on any atom is -0.127 e. The normalized spacial score (nSPS) is 11.8. The smallest absolute Gasteiger partial charge is 0.127 e. The van der Waals surface area contributed by atoms with Crippen LogP contribution < -0.4 is 0 Å².